The maximum atomic E-state index is 14.0. The van der Waals surface area contributed by atoms with Gasteiger partial charge in [-0.1, -0.05) is 6.07 Å². The molecule has 0 fully saturated rings. The third kappa shape index (κ3) is 2.75. The van der Waals surface area contributed by atoms with Gasteiger partial charge in [0.2, 0.25) is 0 Å². The Labute approximate surface area is 138 Å². The van der Waals surface area contributed by atoms with Gasteiger partial charge in [-0.25, -0.2) is 8.78 Å². The van der Waals surface area contributed by atoms with Gasteiger partial charge in [-0.05, 0) is 35.6 Å². The normalized spacial score (nSPS) is 12.1. The molecule has 0 spiro atoms. The average Bonchev–Trinajstić information content (AvgIpc) is 2.85. The zero-order chi connectivity index (χ0) is 17.6. The van der Waals surface area contributed by atoms with Crippen LogP contribution in [-0.2, 0) is 13.2 Å². The van der Waals surface area contributed by atoms with Crippen LogP contribution in [0.2, 0.25) is 0 Å². The number of halogens is 5. The lowest BCUT2D eigenvalue weighted by molar-refractivity contribution is -0.136. The average molecular weight is 358 g/mol. The van der Waals surface area contributed by atoms with E-state index in [0.29, 0.717) is 0 Å². The van der Waals surface area contributed by atoms with Crippen LogP contribution in [0.3, 0.4) is 0 Å². The molecule has 0 atom stereocenters. The highest BCUT2D eigenvalue weighted by atomic mass is 32.2. The number of aryl methyl sites for hydroxylation is 1. The molecule has 24 heavy (non-hydrogen) atoms. The molecular weight excluding hydrogens is 347 g/mol. The molecule has 3 aromatic rings. The zero-order valence-electron chi connectivity index (χ0n) is 12.6. The number of nitrogens with zero attached hydrogens (tertiary/aromatic N) is 2. The van der Waals surface area contributed by atoms with Crippen LogP contribution in [0.25, 0.3) is 22.0 Å². The minimum absolute atomic E-state index is 0.131. The first-order valence-electron chi connectivity index (χ1n) is 6.79. The molecule has 0 bridgehead atoms. The fourth-order valence-electron chi connectivity index (χ4n) is 2.61. The molecule has 0 saturated heterocycles. The minimum Gasteiger partial charge on any atom is -0.275 e. The second-order valence-electron chi connectivity index (χ2n) is 5.20. The second-order valence-corrected chi connectivity index (χ2v) is 6.01. The summed E-state index contributed by atoms with van der Waals surface area (Å²) in [6.07, 6.45) is -1.62. The molecule has 0 unspecified atom stereocenters. The first-order chi connectivity index (χ1) is 11.2. The van der Waals surface area contributed by atoms with Crippen LogP contribution in [-0.4, -0.2) is 16.0 Å². The molecular formula is C16H11F5N2S. The molecule has 2 aromatic carbocycles. The van der Waals surface area contributed by atoms with Crippen LogP contribution >= 0.6 is 11.8 Å². The van der Waals surface area contributed by atoms with Gasteiger partial charge in [0.15, 0.2) is 0 Å². The Bertz CT molecular complexity index is 907. The van der Waals surface area contributed by atoms with E-state index in [2.05, 4.69) is 5.10 Å². The van der Waals surface area contributed by atoms with Gasteiger partial charge in [-0.3, -0.25) is 4.68 Å². The van der Waals surface area contributed by atoms with E-state index in [4.69, 9.17) is 0 Å². The quantitative estimate of drug-likeness (QED) is 0.459. The summed E-state index contributed by atoms with van der Waals surface area (Å²) in [5, 5.41) is 4.03. The first-order valence-corrected chi connectivity index (χ1v) is 8.02. The van der Waals surface area contributed by atoms with Gasteiger partial charge >= 0.3 is 6.18 Å². The second kappa shape index (κ2) is 5.77. The van der Waals surface area contributed by atoms with Crippen molar-refractivity contribution in [2.75, 3.05) is 6.26 Å². The smallest absolute Gasteiger partial charge is 0.275 e. The lowest BCUT2D eigenvalue weighted by Crippen LogP contribution is -2.06. The fourth-order valence-corrected chi connectivity index (χ4v) is 3.12. The molecule has 1 aromatic heterocycles. The third-order valence-corrected chi connectivity index (χ3v) is 4.41. The van der Waals surface area contributed by atoms with Crippen LogP contribution in [0.15, 0.2) is 35.4 Å². The zero-order valence-corrected chi connectivity index (χ0v) is 13.4. The molecule has 126 valence electrons. The Morgan fingerprint density at radius 2 is 1.71 bits per heavy atom. The molecule has 0 amide bonds. The van der Waals surface area contributed by atoms with Crippen LogP contribution in [0.5, 0.6) is 0 Å². The Kier molecular flexibility index (Phi) is 4.03. The van der Waals surface area contributed by atoms with Crippen molar-refractivity contribution < 1.29 is 22.0 Å². The number of hydrogen-bond acceptors (Lipinski definition) is 2. The number of aromatic nitrogens is 2. The summed E-state index contributed by atoms with van der Waals surface area (Å²) in [4.78, 5) is -0.131. The summed E-state index contributed by atoms with van der Waals surface area (Å²) in [5.41, 5.74) is -0.688. The molecule has 0 saturated carbocycles. The van der Waals surface area contributed by atoms with Crippen molar-refractivity contribution in [2.24, 2.45) is 7.05 Å². The predicted octanol–water partition coefficient (Wildman–Crippen LogP) is 5.26. The number of fused-ring (bicyclic) bond motifs is 1. The van der Waals surface area contributed by atoms with Crippen molar-refractivity contribution in [1.29, 1.82) is 0 Å². The third-order valence-electron chi connectivity index (χ3n) is 3.61. The van der Waals surface area contributed by atoms with Crippen molar-refractivity contribution in [1.82, 2.24) is 9.78 Å². The Balaban J connectivity index is 2.29. The predicted molar refractivity (Wildman–Crippen MR) is 82.8 cm³/mol. The molecule has 8 heteroatoms. The van der Waals surface area contributed by atoms with Gasteiger partial charge in [0, 0.05) is 18.6 Å². The van der Waals surface area contributed by atoms with Crippen LogP contribution < -0.4 is 0 Å². The van der Waals surface area contributed by atoms with Gasteiger partial charge < -0.3 is 0 Å². The van der Waals surface area contributed by atoms with E-state index in [1.54, 1.807) is 6.26 Å². The monoisotopic (exact) mass is 358 g/mol. The molecule has 1 heterocycles. The number of alkyl halides is 3. The molecule has 0 aliphatic carbocycles. The lowest BCUT2D eigenvalue weighted by Gasteiger charge is -2.11. The maximum Gasteiger partial charge on any atom is 0.418 e. The highest BCUT2D eigenvalue weighted by Crippen LogP contribution is 2.39. The first kappa shape index (κ1) is 16.8. The largest absolute Gasteiger partial charge is 0.418 e. The summed E-state index contributed by atoms with van der Waals surface area (Å²) in [6, 6.07) is 4.32. The van der Waals surface area contributed by atoms with E-state index in [0.717, 1.165) is 30.0 Å². The van der Waals surface area contributed by atoms with Crippen molar-refractivity contribution in [3.05, 3.63) is 47.7 Å². The number of hydrogen-bond donors (Lipinski definition) is 0. The molecule has 0 radical (unpaired) electrons. The van der Waals surface area contributed by atoms with Crippen LogP contribution in [0.1, 0.15) is 5.56 Å². The van der Waals surface area contributed by atoms with E-state index in [1.165, 1.54) is 24.0 Å². The van der Waals surface area contributed by atoms with E-state index < -0.39 is 23.4 Å². The van der Waals surface area contributed by atoms with Gasteiger partial charge in [0.25, 0.3) is 0 Å². The van der Waals surface area contributed by atoms with E-state index in [9.17, 15) is 22.0 Å². The summed E-state index contributed by atoms with van der Waals surface area (Å²) in [6.45, 7) is 0. The van der Waals surface area contributed by atoms with Crippen molar-refractivity contribution in [3.8, 4) is 11.1 Å². The van der Waals surface area contributed by atoms with Gasteiger partial charge in [-0.2, -0.15) is 18.3 Å². The van der Waals surface area contributed by atoms with Crippen LogP contribution in [0, 0.1) is 11.6 Å². The molecule has 2 nitrogen and oxygen atoms in total. The number of rotatable bonds is 2. The Morgan fingerprint density at radius 1 is 1.08 bits per heavy atom. The van der Waals surface area contributed by atoms with Crippen molar-refractivity contribution >= 4 is 22.7 Å². The molecule has 0 aliphatic rings. The number of thioether (sulfide) groups is 1. The van der Waals surface area contributed by atoms with Crippen molar-refractivity contribution in [3.63, 3.8) is 0 Å². The standard InChI is InChI=1S/C16H11F5N2S/c1-23-7-10-9(3-4-11(14(10)22-23)16(19,20)21)8-5-12(17)15(24-2)13(18)6-8/h3-7H,1-2H3. The SMILES string of the molecule is CSc1c(F)cc(-c2ccc(C(F)(F)F)c3nn(C)cc23)cc1F. The van der Waals surface area contributed by atoms with Gasteiger partial charge in [0.05, 0.1) is 10.5 Å². The van der Waals surface area contributed by atoms with E-state index in [-0.39, 0.29) is 26.9 Å². The van der Waals surface area contributed by atoms with Gasteiger partial charge in [-0.15, -0.1) is 11.8 Å². The maximum absolute atomic E-state index is 14.0. The summed E-state index contributed by atoms with van der Waals surface area (Å²) in [5.74, 6) is -1.51. The van der Waals surface area contributed by atoms with E-state index in [1.807, 2.05) is 0 Å². The summed E-state index contributed by atoms with van der Waals surface area (Å²) in [7, 11) is 1.49. The minimum atomic E-state index is -4.57. The lowest BCUT2D eigenvalue weighted by atomic mass is 9.99. The summed E-state index contributed by atoms with van der Waals surface area (Å²) >= 11 is 0.924. The van der Waals surface area contributed by atoms with Gasteiger partial charge in [0.1, 0.15) is 17.2 Å². The topological polar surface area (TPSA) is 17.8 Å². The number of benzene rings is 2. The van der Waals surface area contributed by atoms with E-state index >= 15 is 0 Å². The van der Waals surface area contributed by atoms with Crippen LogP contribution in [0.4, 0.5) is 22.0 Å². The Morgan fingerprint density at radius 3 is 2.25 bits per heavy atom. The van der Waals surface area contributed by atoms with Crippen molar-refractivity contribution in [2.45, 2.75) is 11.1 Å². The molecule has 3 rings (SSSR count). The fraction of sp³-hybridized carbons (Fsp3) is 0.188. The molecule has 0 N–H and O–H groups in total. The molecule has 0 aliphatic heterocycles. The highest BCUT2D eigenvalue weighted by Gasteiger charge is 2.34. The highest BCUT2D eigenvalue weighted by molar-refractivity contribution is 7.98. The Hall–Kier alpha value is -2.09. The summed E-state index contributed by atoms with van der Waals surface area (Å²) < 4.78 is 68.6.